The molecule has 0 aliphatic rings. The van der Waals surface area contributed by atoms with E-state index in [1.807, 2.05) is 55.5 Å². The average Bonchev–Trinajstić information content (AvgIpc) is 3.11. The highest BCUT2D eigenvalue weighted by atomic mass is 35.5. The Morgan fingerprint density at radius 1 is 0.755 bits per heavy atom. The van der Waals surface area contributed by atoms with Crippen molar-refractivity contribution in [2.24, 2.45) is 0 Å². The summed E-state index contributed by atoms with van der Waals surface area (Å²) in [7, 11) is -2.79. The van der Waals surface area contributed by atoms with Gasteiger partial charge in [0.2, 0.25) is 11.8 Å². The van der Waals surface area contributed by atoms with Crippen LogP contribution < -0.4 is 14.4 Å². The first-order valence-electron chi connectivity index (χ1n) is 15.5. The molecule has 0 saturated heterocycles. The lowest BCUT2D eigenvalue weighted by Gasteiger charge is -2.34. The molecule has 0 bridgehead atoms. The summed E-state index contributed by atoms with van der Waals surface area (Å²) in [4.78, 5) is 29.4. The van der Waals surface area contributed by atoms with E-state index in [1.165, 1.54) is 24.1 Å². The molecule has 252 valence electrons. The highest BCUT2D eigenvalue weighted by Gasteiger charge is 2.35. The summed E-state index contributed by atoms with van der Waals surface area (Å²) < 4.78 is 35.6. The fourth-order valence-electron chi connectivity index (χ4n) is 5.25. The molecule has 0 fully saturated rings. The number of hydrogen-bond acceptors (Lipinski definition) is 5. The van der Waals surface area contributed by atoms with Gasteiger partial charge < -0.3 is 15.0 Å². The Morgan fingerprint density at radius 3 is 1.92 bits per heavy atom. The minimum atomic E-state index is -4.28. The molecule has 0 unspecified atom stereocenters. The van der Waals surface area contributed by atoms with Gasteiger partial charge in [0.15, 0.2) is 0 Å². The molecular weight excluding hydrogens is 681 g/mol. The first kappa shape index (κ1) is 35.5. The Labute approximate surface area is 296 Å². The Bertz CT molecular complexity index is 1970. The molecule has 0 aromatic heterocycles. The standard InChI is InChI=1S/C38H35Cl2N3O5S/c1-27-16-22-32(23-17-27)49(46,47)43(29-18-20-31(21-19-29)48-30-12-7-4-8-13-30)26-37(44)42(25-33-34(39)14-9-15-35(33)40)36(38(45)41-2)24-28-10-5-3-6-11-28/h3-23,36H,24-26H2,1-2H3,(H,41,45)/t36-/m0/s1. The van der Waals surface area contributed by atoms with Crippen molar-refractivity contribution in [1.82, 2.24) is 10.2 Å². The van der Waals surface area contributed by atoms with Crippen LogP contribution in [-0.2, 0) is 32.6 Å². The van der Waals surface area contributed by atoms with E-state index in [1.54, 1.807) is 66.7 Å². The third kappa shape index (κ3) is 8.80. The number of rotatable bonds is 13. The molecule has 5 rings (SSSR count). The largest absolute Gasteiger partial charge is 0.457 e. The Morgan fingerprint density at radius 2 is 1.33 bits per heavy atom. The number of carbonyl (C=O) groups is 2. The molecule has 11 heteroatoms. The van der Waals surface area contributed by atoms with Gasteiger partial charge in [0.1, 0.15) is 24.1 Å². The molecular formula is C38H35Cl2N3O5S. The van der Waals surface area contributed by atoms with Gasteiger partial charge in [0.05, 0.1) is 10.6 Å². The molecule has 1 atom stereocenters. The Balaban J connectivity index is 1.57. The maximum atomic E-state index is 14.6. The zero-order chi connectivity index (χ0) is 35.0. The quantitative estimate of drug-likeness (QED) is 0.135. The highest BCUT2D eigenvalue weighted by molar-refractivity contribution is 7.92. The molecule has 0 saturated carbocycles. The molecule has 0 heterocycles. The monoisotopic (exact) mass is 715 g/mol. The number of amides is 2. The zero-order valence-corrected chi connectivity index (χ0v) is 29.3. The highest BCUT2D eigenvalue weighted by Crippen LogP contribution is 2.31. The van der Waals surface area contributed by atoms with Crippen molar-refractivity contribution in [2.45, 2.75) is 30.8 Å². The van der Waals surface area contributed by atoms with E-state index < -0.39 is 34.4 Å². The number of benzene rings is 5. The fourth-order valence-corrected chi connectivity index (χ4v) is 7.18. The van der Waals surface area contributed by atoms with E-state index >= 15 is 0 Å². The topological polar surface area (TPSA) is 96.0 Å². The second-order valence-electron chi connectivity index (χ2n) is 11.3. The second kappa shape index (κ2) is 16.0. The normalized spacial score (nSPS) is 11.8. The van der Waals surface area contributed by atoms with E-state index in [0.29, 0.717) is 27.1 Å². The smallest absolute Gasteiger partial charge is 0.264 e. The molecule has 49 heavy (non-hydrogen) atoms. The van der Waals surface area contributed by atoms with Gasteiger partial charge >= 0.3 is 0 Å². The molecule has 1 N–H and O–H groups in total. The van der Waals surface area contributed by atoms with Crippen LogP contribution in [0.3, 0.4) is 0 Å². The van der Waals surface area contributed by atoms with Crippen LogP contribution >= 0.6 is 23.2 Å². The van der Waals surface area contributed by atoms with Crippen LogP contribution in [-0.4, -0.2) is 44.8 Å². The summed E-state index contributed by atoms with van der Waals surface area (Å²) in [6.45, 7) is 1.08. The second-order valence-corrected chi connectivity index (χ2v) is 14.0. The lowest BCUT2D eigenvalue weighted by Crippen LogP contribution is -2.53. The number of halogens is 2. The van der Waals surface area contributed by atoms with Crippen LogP contribution in [0.15, 0.2) is 132 Å². The first-order valence-corrected chi connectivity index (χ1v) is 17.7. The van der Waals surface area contributed by atoms with E-state index in [0.717, 1.165) is 15.4 Å². The van der Waals surface area contributed by atoms with Crippen molar-refractivity contribution in [3.8, 4) is 11.5 Å². The minimum Gasteiger partial charge on any atom is -0.457 e. The molecule has 5 aromatic carbocycles. The van der Waals surface area contributed by atoms with Gasteiger partial charge in [-0.15, -0.1) is 0 Å². The summed E-state index contributed by atoms with van der Waals surface area (Å²) in [6, 6.07) is 35.2. The van der Waals surface area contributed by atoms with Crippen molar-refractivity contribution >= 4 is 50.7 Å². The van der Waals surface area contributed by atoms with Gasteiger partial charge in [-0.3, -0.25) is 13.9 Å². The summed E-state index contributed by atoms with van der Waals surface area (Å²) in [6.07, 6.45) is 0.157. The van der Waals surface area contributed by atoms with Crippen LogP contribution in [0.5, 0.6) is 11.5 Å². The van der Waals surface area contributed by atoms with Crippen molar-refractivity contribution in [3.63, 3.8) is 0 Å². The number of ether oxygens (including phenoxy) is 1. The maximum Gasteiger partial charge on any atom is 0.264 e. The van der Waals surface area contributed by atoms with Crippen molar-refractivity contribution in [1.29, 1.82) is 0 Å². The SMILES string of the molecule is CNC(=O)[C@H](Cc1ccccc1)N(Cc1c(Cl)cccc1Cl)C(=O)CN(c1ccc(Oc2ccccc2)cc1)S(=O)(=O)c1ccc(C)cc1. The Hall–Kier alpha value is -4.83. The third-order valence-corrected chi connectivity index (χ3v) is 10.4. The van der Waals surface area contributed by atoms with Crippen molar-refractivity contribution in [3.05, 3.63) is 154 Å². The van der Waals surface area contributed by atoms with Gasteiger partial charge in [-0.2, -0.15) is 0 Å². The van der Waals surface area contributed by atoms with Crippen LogP contribution in [0, 0.1) is 6.92 Å². The van der Waals surface area contributed by atoms with Crippen molar-refractivity contribution in [2.75, 3.05) is 17.9 Å². The molecule has 0 spiro atoms. The van der Waals surface area contributed by atoms with Crippen LogP contribution in [0.2, 0.25) is 10.0 Å². The molecule has 5 aromatic rings. The number of likely N-dealkylation sites (N-methyl/N-ethyl adjacent to an activating group) is 1. The van der Waals surface area contributed by atoms with E-state index in [9.17, 15) is 18.0 Å². The number of nitrogens with zero attached hydrogens (tertiary/aromatic N) is 2. The summed E-state index contributed by atoms with van der Waals surface area (Å²) >= 11 is 13.1. The molecule has 0 aliphatic heterocycles. The van der Waals surface area contributed by atoms with Gasteiger partial charge in [-0.05, 0) is 73.2 Å². The predicted molar refractivity (Wildman–Crippen MR) is 194 cm³/mol. The number of hydrogen-bond donors (Lipinski definition) is 1. The predicted octanol–water partition coefficient (Wildman–Crippen LogP) is 7.68. The minimum absolute atomic E-state index is 0.00310. The lowest BCUT2D eigenvalue weighted by molar-refractivity contribution is -0.139. The fraction of sp³-hybridized carbons (Fsp3) is 0.158. The summed E-state index contributed by atoms with van der Waals surface area (Å²) in [5.74, 6) is 0.0186. The lowest BCUT2D eigenvalue weighted by atomic mass is 10.0. The summed E-state index contributed by atoms with van der Waals surface area (Å²) in [5.41, 5.74) is 2.33. The molecule has 0 aliphatic carbocycles. The number of para-hydroxylation sites is 1. The van der Waals surface area contributed by atoms with E-state index in [-0.39, 0.29) is 23.5 Å². The number of carbonyl (C=O) groups excluding carboxylic acids is 2. The summed E-state index contributed by atoms with van der Waals surface area (Å²) in [5, 5.41) is 3.27. The molecule has 2 amide bonds. The van der Waals surface area contributed by atoms with Crippen LogP contribution in [0.25, 0.3) is 0 Å². The molecule has 8 nitrogen and oxygen atoms in total. The van der Waals surface area contributed by atoms with Crippen LogP contribution in [0.1, 0.15) is 16.7 Å². The van der Waals surface area contributed by atoms with Crippen molar-refractivity contribution < 1.29 is 22.7 Å². The molecule has 0 radical (unpaired) electrons. The van der Waals surface area contributed by atoms with Gasteiger partial charge in [0.25, 0.3) is 10.0 Å². The van der Waals surface area contributed by atoms with Gasteiger partial charge in [-0.25, -0.2) is 8.42 Å². The number of sulfonamides is 1. The van der Waals surface area contributed by atoms with Crippen LogP contribution in [0.4, 0.5) is 5.69 Å². The first-order chi connectivity index (χ1) is 23.6. The number of nitrogens with one attached hydrogen (secondary N) is 1. The average molecular weight is 717 g/mol. The maximum absolute atomic E-state index is 14.6. The number of aryl methyl sites for hydroxylation is 1. The van der Waals surface area contributed by atoms with E-state index in [4.69, 9.17) is 27.9 Å². The van der Waals surface area contributed by atoms with Gasteiger partial charge in [-0.1, -0.05) is 95.5 Å². The Kier molecular flexibility index (Phi) is 11.6. The zero-order valence-electron chi connectivity index (χ0n) is 26.9. The van der Waals surface area contributed by atoms with E-state index in [2.05, 4.69) is 5.32 Å². The number of anilines is 1. The third-order valence-electron chi connectivity index (χ3n) is 7.90. The van der Waals surface area contributed by atoms with Gasteiger partial charge in [0, 0.05) is 35.6 Å².